The van der Waals surface area contributed by atoms with Gasteiger partial charge in [0, 0.05) is 24.8 Å². The lowest BCUT2D eigenvalue weighted by atomic mass is 9.96. The number of rotatable bonds is 3. The fourth-order valence-electron chi connectivity index (χ4n) is 2.32. The van der Waals surface area contributed by atoms with Gasteiger partial charge in [-0.25, -0.2) is 8.78 Å². The second kappa shape index (κ2) is 5.99. The molecular weight excluding hydrogens is 252 g/mol. The first-order chi connectivity index (χ1) is 9.11. The summed E-state index contributed by atoms with van der Waals surface area (Å²) in [5.74, 6) is -1.93. The van der Waals surface area contributed by atoms with E-state index < -0.39 is 11.6 Å². The van der Waals surface area contributed by atoms with Crippen molar-refractivity contribution in [1.82, 2.24) is 0 Å². The maximum Gasteiger partial charge on any atom is 0.309 e. The lowest BCUT2D eigenvalue weighted by Crippen LogP contribution is -2.37. The van der Waals surface area contributed by atoms with Crippen LogP contribution in [-0.2, 0) is 9.53 Å². The van der Waals surface area contributed by atoms with Gasteiger partial charge in [-0.05, 0) is 31.9 Å². The summed E-state index contributed by atoms with van der Waals surface area (Å²) >= 11 is 0. The second-order valence-electron chi connectivity index (χ2n) is 4.61. The standard InChI is InChI=1S/C14H17F2NO2/c1-2-19-14(18)10-5-7-17(8-6-10)11-3-4-12(15)13(16)9-11/h3-4,9-10H,2,5-8H2,1H3. The Hall–Kier alpha value is -1.65. The molecule has 0 aromatic heterocycles. The van der Waals surface area contributed by atoms with E-state index in [1.807, 2.05) is 4.90 Å². The molecule has 0 unspecified atom stereocenters. The molecule has 0 amide bonds. The van der Waals surface area contributed by atoms with Crippen LogP contribution in [0.4, 0.5) is 14.5 Å². The molecule has 0 saturated carbocycles. The first kappa shape index (κ1) is 13.8. The summed E-state index contributed by atoms with van der Waals surface area (Å²) < 4.78 is 31.0. The lowest BCUT2D eigenvalue weighted by Gasteiger charge is -2.32. The van der Waals surface area contributed by atoms with Gasteiger partial charge in [-0.2, -0.15) is 0 Å². The van der Waals surface area contributed by atoms with Crippen molar-refractivity contribution in [3.8, 4) is 0 Å². The zero-order valence-corrected chi connectivity index (χ0v) is 10.9. The highest BCUT2D eigenvalue weighted by molar-refractivity contribution is 5.72. The summed E-state index contributed by atoms with van der Waals surface area (Å²) in [6.45, 7) is 3.47. The molecule has 1 fully saturated rings. The molecule has 1 aromatic carbocycles. The number of piperidine rings is 1. The molecule has 104 valence electrons. The van der Waals surface area contributed by atoms with Crippen LogP contribution in [0.5, 0.6) is 0 Å². The van der Waals surface area contributed by atoms with E-state index in [0.717, 1.165) is 6.07 Å². The summed E-state index contributed by atoms with van der Waals surface area (Å²) in [5.41, 5.74) is 0.654. The molecule has 1 aliphatic heterocycles. The van der Waals surface area contributed by atoms with Gasteiger partial charge in [-0.3, -0.25) is 4.79 Å². The fraction of sp³-hybridized carbons (Fsp3) is 0.500. The van der Waals surface area contributed by atoms with Crippen LogP contribution in [0, 0.1) is 17.6 Å². The van der Waals surface area contributed by atoms with Crippen molar-refractivity contribution >= 4 is 11.7 Å². The van der Waals surface area contributed by atoms with E-state index in [4.69, 9.17) is 4.74 Å². The zero-order chi connectivity index (χ0) is 13.8. The normalized spacial score (nSPS) is 16.5. The summed E-state index contributed by atoms with van der Waals surface area (Å²) in [6.07, 6.45) is 1.36. The van der Waals surface area contributed by atoms with Crippen LogP contribution < -0.4 is 4.90 Å². The number of nitrogens with zero attached hydrogens (tertiary/aromatic N) is 1. The third kappa shape index (κ3) is 3.22. The van der Waals surface area contributed by atoms with Crippen molar-refractivity contribution in [2.24, 2.45) is 5.92 Å². The monoisotopic (exact) mass is 269 g/mol. The summed E-state index contributed by atoms with van der Waals surface area (Å²) in [5, 5.41) is 0. The number of ether oxygens (including phenoxy) is 1. The molecule has 0 bridgehead atoms. The first-order valence-electron chi connectivity index (χ1n) is 6.48. The van der Waals surface area contributed by atoms with E-state index in [1.165, 1.54) is 6.07 Å². The van der Waals surface area contributed by atoms with Gasteiger partial charge in [-0.15, -0.1) is 0 Å². The molecule has 0 radical (unpaired) electrons. The van der Waals surface area contributed by atoms with E-state index in [2.05, 4.69) is 0 Å². The molecule has 0 spiro atoms. The van der Waals surface area contributed by atoms with Gasteiger partial charge < -0.3 is 9.64 Å². The molecular formula is C14H17F2NO2. The quantitative estimate of drug-likeness (QED) is 0.790. The summed E-state index contributed by atoms with van der Waals surface area (Å²) in [4.78, 5) is 13.5. The third-order valence-electron chi connectivity index (χ3n) is 3.38. The molecule has 2 rings (SSSR count). The van der Waals surface area contributed by atoms with Crippen LogP contribution in [0.15, 0.2) is 18.2 Å². The van der Waals surface area contributed by atoms with Crippen LogP contribution in [0.3, 0.4) is 0 Å². The number of carbonyl (C=O) groups excluding carboxylic acids is 1. The Bertz CT molecular complexity index is 457. The Morgan fingerprint density at radius 2 is 2.00 bits per heavy atom. The highest BCUT2D eigenvalue weighted by atomic mass is 19.2. The van der Waals surface area contributed by atoms with Gasteiger partial charge in [0.25, 0.3) is 0 Å². The molecule has 1 heterocycles. The van der Waals surface area contributed by atoms with Crippen LogP contribution in [0.2, 0.25) is 0 Å². The number of hydrogen-bond donors (Lipinski definition) is 0. The Balaban J connectivity index is 1.96. The first-order valence-corrected chi connectivity index (χ1v) is 6.48. The molecule has 1 aliphatic rings. The minimum Gasteiger partial charge on any atom is -0.466 e. The van der Waals surface area contributed by atoms with Crippen LogP contribution in [0.25, 0.3) is 0 Å². The van der Waals surface area contributed by atoms with E-state index in [1.54, 1.807) is 13.0 Å². The molecule has 5 heteroatoms. The number of halogens is 2. The summed E-state index contributed by atoms with van der Waals surface area (Å²) in [7, 11) is 0. The second-order valence-corrected chi connectivity index (χ2v) is 4.61. The van der Waals surface area contributed by atoms with Gasteiger partial charge in [0.05, 0.1) is 12.5 Å². The number of esters is 1. The Morgan fingerprint density at radius 3 is 2.58 bits per heavy atom. The molecule has 1 saturated heterocycles. The number of benzene rings is 1. The van der Waals surface area contributed by atoms with E-state index >= 15 is 0 Å². The molecule has 0 aliphatic carbocycles. The van der Waals surface area contributed by atoms with Gasteiger partial charge >= 0.3 is 5.97 Å². The van der Waals surface area contributed by atoms with Gasteiger partial charge in [0.15, 0.2) is 11.6 Å². The van der Waals surface area contributed by atoms with Crippen molar-refractivity contribution in [3.05, 3.63) is 29.8 Å². The molecule has 0 atom stereocenters. The number of carbonyl (C=O) groups is 1. The highest BCUT2D eigenvalue weighted by Gasteiger charge is 2.26. The third-order valence-corrected chi connectivity index (χ3v) is 3.38. The van der Waals surface area contributed by atoms with Crippen molar-refractivity contribution in [2.45, 2.75) is 19.8 Å². The minimum atomic E-state index is -0.843. The van der Waals surface area contributed by atoms with Crippen molar-refractivity contribution in [1.29, 1.82) is 0 Å². The SMILES string of the molecule is CCOC(=O)C1CCN(c2ccc(F)c(F)c2)CC1. The van der Waals surface area contributed by atoms with Crippen LogP contribution in [-0.4, -0.2) is 25.7 Å². The maximum atomic E-state index is 13.2. The summed E-state index contributed by atoms with van der Waals surface area (Å²) in [6, 6.07) is 3.88. The minimum absolute atomic E-state index is 0.0819. The molecule has 1 aromatic rings. The predicted molar refractivity (Wildman–Crippen MR) is 67.9 cm³/mol. The molecule has 0 N–H and O–H groups in total. The fourth-order valence-corrected chi connectivity index (χ4v) is 2.32. The average molecular weight is 269 g/mol. The van der Waals surface area contributed by atoms with Gasteiger partial charge in [0.1, 0.15) is 0 Å². The average Bonchev–Trinajstić information content (AvgIpc) is 2.42. The smallest absolute Gasteiger partial charge is 0.309 e. The van der Waals surface area contributed by atoms with Gasteiger partial charge in [0.2, 0.25) is 0 Å². The van der Waals surface area contributed by atoms with Crippen LogP contribution >= 0.6 is 0 Å². The van der Waals surface area contributed by atoms with Crippen molar-refractivity contribution in [3.63, 3.8) is 0 Å². The molecule has 3 nitrogen and oxygen atoms in total. The van der Waals surface area contributed by atoms with E-state index in [0.29, 0.717) is 38.2 Å². The van der Waals surface area contributed by atoms with Gasteiger partial charge in [-0.1, -0.05) is 0 Å². The van der Waals surface area contributed by atoms with E-state index in [9.17, 15) is 13.6 Å². The number of hydrogen-bond acceptors (Lipinski definition) is 3. The Labute approximate surface area is 111 Å². The van der Waals surface area contributed by atoms with Crippen molar-refractivity contribution < 1.29 is 18.3 Å². The van der Waals surface area contributed by atoms with Crippen LogP contribution in [0.1, 0.15) is 19.8 Å². The molecule has 19 heavy (non-hydrogen) atoms. The predicted octanol–water partition coefficient (Wildman–Crippen LogP) is 2.74. The largest absolute Gasteiger partial charge is 0.466 e. The lowest BCUT2D eigenvalue weighted by molar-refractivity contribution is -0.148. The van der Waals surface area contributed by atoms with E-state index in [-0.39, 0.29) is 11.9 Å². The zero-order valence-electron chi connectivity index (χ0n) is 10.9. The topological polar surface area (TPSA) is 29.5 Å². The number of anilines is 1. The maximum absolute atomic E-state index is 13.2. The Morgan fingerprint density at radius 1 is 1.32 bits per heavy atom. The Kier molecular flexibility index (Phi) is 4.35. The highest BCUT2D eigenvalue weighted by Crippen LogP contribution is 2.25. The van der Waals surface area contributed by atoms with Crippen molar-refractivity contribution in [2.75, 3.05) is 24.6 Å².